The lowest BCUT2D eigenvalue weighted by atomic mass is 10.1. The van der Waals surface area contributed by atoms with Crippen molar-refractivity contribution in [1.82, 2.24) is 4.98 Å². The summed E-state index contributed by atoms with van der Waals surface area (Å²) in [6, 6.07) is 18.0. The number of nitrogens with one attached hydrogen (secondary N) is 1. The Hall–Kier alpha value is -3.12. The first-order valence-corrected chi connectivity index (χ1v) is 9.78. The summed E-state index contributed by atoms with van der Waals surface area (Å²) in [7, 11) is 3.21. The van der Waals surface area contributed by atoms with Crippen LogP contribution in [0.15, 0.2) is 54.6 Å². The van der Waals surface area contributed by atoms with Crippen LogP contribution in [0.4, 0.5) is 5.13 Å². The van der Waals surface area contributed by atoms with Crippen LogP contribution in [0.2, 0.25) is 0 Å². The van der Waals surface area contributed by atoms with Crippen LogP contribution in [-0.4, -0.2) is 25.1 Å². The molecule has 1 aromatic heterocycles. The van der Waals surface area contributed by atoms with Crippen molar-refractivity contribution in [1.29, 1.82) is 0 Å². The Morgan fingerprint density at radius 1 is 1.04 bits per heavy atom. The van der Waals surface area contributed by atoms with Crippen LogP contribution in [-0.2, 0) is 11.2 Å². The molecule has 142 valence electrons. The number of benzene rings is 3. The van der Waals surface area contributed by atoms with E-state index in [1.807, 2.05) is 30.3 Å². The van der Waals surface area contributed by atoms with Gasteiger partial charge in [-0.1, -0.05) is 47.7 Å². The van der Waals surface area contributed by atoms with Gasteiger partial charge in [-0.2, -0.15) is 0 Å². The van der Waals surface area contributed by atoms with Gasteiger partial charge in [0.2, 0.25) is 5.91 Å². The third kappa shape index (κ3) is 3.64. The number of carbonyl (C=O) groups excluding carboxylic acids is 1. The maximum Gasteiger partial charge on any atom is 0.226 e. The molecule has 4 aromatic rings. The van der Waals surface area contributed by atoms with Crippen LogP contribution in [0, 0.1) is 0 Å². The topological polar surface area (TPSA) is 60.5 Å². The first-order valence-electron chi connectivity index (χ1n) is 8.97. The summed E-state index contributed by atoms with van der Waals surface area (Å²) in [5.41, 5.74) is 1.95. The Morgan fingerprint density at radius 2 is 1.86 bits per heavy atom. The lowest BCUT2D eigenvalue weighted by Gasteiger charge is -2.09. The van der Waals surface area contributed by atoms with E-state index in [9.17, 15) is 4.79 Å². The van der Waals surface area contributed by atoms with Crippen molar-refractivity contribution < 1.29 is 14.3 Å². The largest absolute Gasteiger partial charge is 0.493 e. The molecule has 6 heteroatoms. The highest BCUT2D eigenvalue weighted by molar-refractivity contribution is 7.22. The van der Waals surface area contributed by atoms with Crippen LogP contribution in [0.3, 0.4) is 0 Å². The molecule has 0 unspecified atom stereocenters. The van der Waals surface area contributed by atoms with Crippen LogP contribution in [0.5, 0.6) is 11.5 Å². The number of aromatic nitrogens is 1. The summed E-state index contributed by atoms with van der Waals surface area (Å²) in [6.07, 6.45) is 0.978. The molecule has 3 aromatic carbocycles. The smallest absolute Gasteiger partial charge is 0.226 e. The highest BCUT2D eigenvalue weighted by atomic mass is 32.1. The summed E-state index contributed by atoms with van der Waals surface area (Å²) in [5, 5.41) is 5.80. The summed E-state index contributed by atoms with van der Waals surface area (Å²) in [6.45, 7) is 0. The van der Waals surface area contributed by atoms with Gasteiger partial charge < -0.3 is 14.8 Å². The second-order valence-electron chi connectivity index (χ2n) is 6.39. The predicted octanol–water partition coefficient (Wildman–Crippen LogP) is 5.04. The Labute approximate surface area is 166 Å². The molecule has 5 nitrogen and oxygen atoms in total. The van der Waals surface area contributed by atoms with Gasteiger partial charge in [-0.05, 0) is 35.6 Å². The number of carbonyl (C=O) groups is 1. The fourth-order valence-corrected chi connectivity index (χ4v) is 4.09. The molecule has 0 aliphatic carbocycles. The lowest BCUT2D eigenvalue weighted by molar-refractivity contribution is -0.116. The number of thiazole rings is 1. The van der Waals surface area contributed by atoms with Crippen LogP contribution >= 0.6 is 11.3 Å². The molecule has 28 heavy (non-hydrogen) atoms. The summed E-state index contributed by atoms with van der Waals surface area (Å²) in [4.78, 5) is 17.0. The minimum atomic E-state index is -0.0573. The number of nitrogens with zero attached hydrogens (tertiary/aromatic N) is 1. The van der Waals surface area contributed by atoms with Gasteiger partial charge in [0, 0.05) is 11.8 Å². The second-order valence-corrected chi connectivity index (χ2v) is 7.42. The van der Waals surface area contributed by atoms with Crippen molar-refractivity contribution in [3.63, 3.8) is 0 Å². The molecule has 4 rings (SSSR count). The molecule has 0 saturated carbocycles. The number of aryl methyl sites for hydroxylation is 1. The molecular weight excluding hydrogens is 372 g/mol. The standard InChI is InChI=1S/C22H20N2O3S/c1-26-17-10-7-14(13-18(17)27-2)8-12-20(25)23-22-24-21-16-6-4-3-5-15(16)9-11-19(21)28-22/h3-7,9-11,13H,8,12H2,1-2H3,(H,23,24,25). The van der Waals surface area contributed by atoms with E-state index < -0.39 is 0 Å². The molecule has 0 aliphatic heterocycles. The second kappa shape index (κ2) is 7.86. The number of methoxy groups -OCH3 is 2. The quantitative estimate of drug-likeness (QED) is 0.499. The van der Waals surface area contributed by atoms with Crippen molar-refractivity contribution in [2.45, 2.75) is 12.8 Å². The van der Waals surface area contributed by atoms with Gasteiger partial charge in [0.15, 0.2) is 16.6 Å². The normalized spacial score (nSPS) is 10.9. The molecule has 0 bridgehead atoms. The zero-order valence-corrected chi connectivity index (χ0v) is 16.5. The van der Waals surface area contributed by atoms with E-state index in [1.165, 1.54) is 11.3 Å². The van der Waals surface area contributed by atoms with E-state index >= 15 is 0 Å². The van der Waals surface area contributed by atoms with Crippen LogP contribution in [0.1, 0.15) is 12.0 Å². The highest BCUT2D eigenvalue weighted by Crippen LogP contribution is 2.32. The third-order valence-electron chi connectivity index (χ3n) is 4.62. The van der Waals surface area contributed by atoms with Crippen LogP contribution < -0.4 is 14.8 Å². The minimum absolute atomic E-state index is 0.0573. The van der Waals surface area contributed by atoms with E-state index in [2.05, 4.69) is 34.6 Å². The van der Waals surface area contributed by atoms with Crippen molar-refractivity contribution in [2.75, 3.05) is 19.5 Å². The number of fused-ring (bicyclic) bond motifs is 3. The summed E-state index contributed by atoms with van der Waals surface area (Å²) < 4.78 is 11.6. The van der Waals surface area contributed by atoms with E-state index in [0.29, 0.717) is 29.5 Å². The zero-order chi connectivity index (χ0) is 19.5. The van der Waals surface area contributed by atoms with Gasteiger partial charge in [-0.25, -0.2) is 4.98 Å². The number of ether oxygens (including phenoxy) is 2. The van der Waals surface area contributed by atoms with Gasteiger partial charge in [-0.15, -0.1) is 0 Å². The van der Waals surface area contributed by atoms with Crippen LogP contribution in [0.25, 0.3) is 21.0 Å². The number of anilines is 1. The van der Waals surface area contributed by atoms with Crippen molar-refractivity contribution in [3.8, 4) is 11.5 Å². The number of hydrogen-bond acceptors (Lipinski definition) is 5. The minimum Gasteiger partial charge on any atom is -0.493 e. The summed E-state index contributed by atoms with van der Waals surface area (Å²) in [5.74, 6) is 1.29. The Balaban J connectivity index is 1.46. The average molecular weight is 392 g/mol. The first kappa shape index (κ1) is 18.3. The van der Waals surface area contributed by atoms with E-state index in [4.69, 9.17) is 9.47 Å². The molecule has 1 N–H and O–H groups in total. The highest BCUT2D eigenvalue weighted by Gasteiger charge is 2.11. The Bertz CT molecular complexity index is 1150. The monoisotopic (exact) mass is 392 g/mol. The fraction of sp³-hybridized carbons (Fsp3) is 0.182. The maximum atomic E-state index is 12.4. The van der Waals surface area contributed by atoms with Gasteiger partial charge in [0.1, 0.15) is 0 Å². The SMILES string of the molecule is COc1ccc(CCC(=O)Nc2nc3c(ccc4ccccc43)s2)cc1OC. The third-order valence-corrected chi connectivity index (χ3v) is 5.55. The summed E-state index contributed by atoms with van der Waals surface area (Å²) >= 11 is 1.49. The molecule has 0 fully saturated rings. The molecular formula is C22H20N2O3S. The van der Waals surface area contributed by atoms with Crippen molar-refractivity contribution in [3.05, 3.63) is 60.2 Å². The predicted molar refractivity (Wildman–Crippen MR) is 114 cm³/mol. The fourth-order valence-electron chi connectivity index (χ4n) is 3.19. The molecule has 1 heterocycles. The molecule has 0 saturated heterocycles. The van der Waals surface area contributed by atoms with Gasteiger partial charge in [-0.3, -0.25) is 4.79 Å². The average Bonchev–Trinajstić information content (AvgIpc) is 3.14. The Morgan fingerprint density at radius 3 is 2.68 bits per heavy atom. The van der Waals surface area contributed by atoms with E-state index in [-0.39, 0.29) is 5.91 Å². The van der Waals surface area contributed by atoms with Gasteiger partial charge >= 0.3 is 0 Å². The van der Waals surface area contributed by atoms with E-state index in [1.54, 1.807) is 14.2 Å². The maximum absolute atomic E-state index is 12.4. The lowest BCUT2D eigenvalue weighted by Crippen LogP contribution is -2.12. The molecule has 1 amide bonds. The van der Waals surface area contributed by atoms with E-state index in [0.717, 1.165) is 26.6 Å². The first-order chi connectivity index (χ1) is 13.7. The number of amides is 1. The molecule has 0 aliphatic rings. The van der Waals surface area contributed by atoms with Gasteiger partial charge in [0.05, 0.1) is 24.4 Å². The zero-order valence-electron chi connectivity index (χ0n) is 15.7. The van der Waals surface area contributed by atoms with Crippen molar-refractivity contribution in [2.24, 2.45) is 0 Å². The Kier molecular flexibility index (Phi) is 5.12. The number of hydrogen-bond donors (Lipinski definition) is 1. The van der Waals surface area contributed by atoms with Gasteiger partial charge in [0.25, 0.3) is 0 Å². The number of rotatable bonds is 6. The molecule has 0 radical (unpaired) electrons. The molecule has 0 spiro atoms. The van der Waals surface area contributed by atoms with Crippen molar-refractivity contribution >= 4 is 43.4 Å². The molecule has 0 atom stereocenters.